The maximum atomic E-state index is 6.57. The van der Waals surface area contributed by atoms with Crippen LogP contribution < -0.4 is 5.73 Å². The number of aryl methyl sites for hydroxylation is 2. The van der Waals surface area contributed by atoms with Crippen LogP contribution in [0.1, 0.15) is 69.2 Å². The summed E-state index contributed by atoms with van der Waals surface area (Å²) < 4.78 is 0. The van der Waals surface area contributed by atoms with Crippen LogP contribution in [0.15, 0.2) is 12.1 Å². The van der Waals surface area contributed by atoms with E-state index in [0.29, 0.717) is 0 Å². The van der Waals surface area contributed by atoms with Crippen molar-refractivity contribution in [3.05, 3.63) is 34.4 Å². The number of rotatable bonds is 4. The Morgan fingerprint density at radius 3 is 2.20 bits per heavy atom. The van der Waals surface area contributed by atoms with Crippen molar-refractivity contribution in [3.63, 3.8) is 0 Å². The Bertz CT molecular complexity index is 472. The first-order valence-electron chi connectivity index (χ1n) is 8.07. The zero-order chi connectivity index (χ0) is 15.1. The molecule has 0 spiro atoms. The van der Waals surface area contributed by atoms with Gasteiger partial charge in [0.15, 0.2) is 0 Å². The second kappa shape index (κ2) is 5.18. The van der Waals surface area contributed by atoms with E-state index in [9.17, 15) is 0 Å². The predicted molar refractivity (Wildman–Crippen MR) is 88.3 cm³/mol. The number of hydrogen-bond donors (Lipinski definition) is 1. The second-order valence-corrected chi connectivity index (χ2v) is 7.94. The highest BCUT2D eigenvalue weighted by Gasteiger charge is 2.49. The molecule has 0 saturated heterocycles. The van der Waals surface area contributed by atoms with E-state index in [0.717, 1.165) is 12.3 Å². The Morgan fingerprint density at radius 1 is 1.20 bits per heavy atom. The monoisotopic (exact) mass is 273 g/mol. The van der Waals surface area contributed by atoms with Crippen LogP contribution in [-0.4, -0.2) is 5.54 Å². The molecular weight excluding hydrogens is 242 g/mol. The molecule has 20 heavy (non-hydrogen) atoms. The van der Waals surface area contributed by atoms with E-state index < -0.39 is 0 Å². The highest BCUT2D eigenvalue weighted by molar-refractivity contribution is 5.42. The van der Waals surface area contributed by atoms with Crippen molar-refractivity contribution < 1.29 is 0 Å². The molecule has 2 N–H and O–H groups in total. The number of hydrogen-bond acceptors (Lipinski definition) is 1. The molecule has 0 amide bonds. The van der Waals surface area contributed by atoms with Crippen LogP contribution in [-0.2, 0) is 11.8 Å². The Hall–Kier alpha value is -0.820. The van der Waals surface area contributed by atoms with Crippen LogP contribution in [0.5, 0.6) is 0 Å². The zero-order valence-corrected chi connectivity index (χ0v) is 14.1. The fourth-order valence-electron chi connectivity index (χ4n) is 3.39. The van der Waals surface area contributed by atoms with Gasteiger partial charge in [-0.25, -0.2) is 0 Å². The standard InChI is InChI=1S/C19H31N/c1-7-8-15-11-19(15,20)12-17-13(2)9-16(10-14(17)3)18(4,5)6/h9-10,15H,7-8,11-12,20H2,1-6H3. The van der Waals surface area contributed by atoms with E-state index in [1.165, 1.54) is 41.5 Å². The van der Waals surface area contributed by atoms with Crippen LogP contribution in [0.2, 0.25) is 0 Å². The van der Waals surface area contributed by atoms with Crippen LogP contribution in [0.3, 0.4) is 0 Å². The molecule has 1 aliphatic rings. The largest absolute Gasteiger partial charge is 0.325 e. The van der Waals surface area contributed by atoms with Gasteiger partial charge >= 0.3 is 0 Å². The minimum Gasteiger partial charge on any atom is -0.325 e. The first kappa shape index (κ1) is 15.6. The predicted octanol–water partition coefficient (Wildman–Crippen LogP) is 4.66. The lowest BCUT2D eigenvalue weighted by Gasteiger charge is -2.23. The molecule has 1 aliphatic carbocycles. The molecule has 1 saturated carbocycles. The molecule has 0 heterocycles. The van der Waals surface area contributed by atoms with Gasteiger partial charge in [-0.3, -0.25) is 0 Å². The molecule has 1 aromatic carbocycles. The Kier molecular flexibility index (Phi) is 4.03. The van der Waals surface area contributed by atoms with Gasteiger partial charge < -0.3 is 5.73 Å². The molecule has 112 valence electrons. The van der Waals surface area contributed by atoms with Gasteiger partial charge in [-0.1, -0.05) is 46.2 Å². The summed E-state index contributed by atoms with van der Waals surface area (Å²) in [6.45, 7) is 13.6. The summed E-state index contributed by atoms with van der Waals surface area (Å²) in [6.07, 6.45) is 4.81. The van der Waals surface area contributed by atoms with Gasteiger partial charge in [0.2, 0.25) is 0 Å². The van der Waals surface area contributed by atoms with Gasteiger partial charge in [0.05, 0.1) is 0 Å². The van der Waals surface area contributed by atoms with Gasteiger partial charge in [-0.15, -0.1) is 0 Å². The third-order valence-electron chi connectivity index (χ3n) is 4.98. The normalized spacial score (nSPS) is 25.9. The lowest BCUT2D eigenvalue weighted by atomic mass is 9.82. The molecule has 2 unspecified atom stereocenters. The molecule has 2 rings (SSSR count). The minimum atomic E-state index is 0.0782. The summed E-state index contributed by atoms with van der Waals surface area (Å²) in [5, 5.41) is 0. The smallest absolute Gasteiger partial charge is 0.0227 e. The Labute approximate surface area is 125 Å². The molecule has 0 bridgehead atoms. The van der Waals surface area contributed by atoms with Gasteiger partial charge in [-0.05, 0) is 66.7 Å². The van der Waals surface area contributed by atoms with E-state index in [2.05, 4.69) is 53.7 Å². The summed E-state index contributed by atoms with van der Waals surface area (Å²) in [6, 6.07) is 4.73. The fourth-order valence-corrected chi connectivity index (χ4v) is 3.39. The molecule has 2 atom stereocenters. The van der Waals surface area contributed by atoms with Crippen molar-refractivity contribution in [1.29, 1.82) is 0 Å². The van der Waals surface area contributed by atoms with E-state index in [1.807, 2.05) is 0 Å². The van der Waals surface area contributed by atoms with Crippen molar-refractivity contribution in [3.8, 4) is 0 Å². The maximum Gasteiger partial charge on any atom is 0.0227 e. The zero-order valence-electron chi connectivity index (χ0n) is 14.1. The van der Waals surface area contributed by atoms with E-state index in [4.69, 9.17) is 5.73 Å². The fraction of sp³-hybridized carbons (Fsp3) is 0.684. The van der Waals surface area contributed by atoms with Crippen molar-refractivity contribution in [2.45, 2.75) is 78.2 Å². The van der Waals surface area contributed by atoms with Gasteiger partial charge in [0.25, 0.3) is 0 Å². The molecule has 1 nitrogen and oxygen atoms in total. The van der Waals surface area contributed by atoms with Gasteiger partial charge in [0, 0.05) is 5.54 Å². The molecule has 0 aliphatic heterocycles. The average Bonchev–Trinajstić information content (AvgIpc) is 2.94. The maximum absolute atomic E-state index is 6.57. The van der Waals surface area contributed by atoms with Crippen LogP contribution in [0.4, 0.5) is 0 Å². The highest BCUT2D eigenvalue weighted by Crippen LogP contribution is 2.47. The Balaban J connectivity index is 2.22. The minimum absolute atomic E-state index is 0.0782. The number of benzene rings is 1. The van der Waals surface area contributed by atoms with E-state index in [1.54, 1.807) is 0 Å². The first-order valence-corrected chi connectivity index (χ1v) is 8.07. The lowest BCUT2D eigenvalue weighted by molar-refractivity contribution is 0.552. The van der Waals surface area contributed by atoms with E-state index >= 15 is 0 Å². The highest BCUT2D eigenvalue weighted by atomic mass is 14.9. The van der Waals surface area contributed by atoms with Crippen LogP contribution in [0, 0.1) is 19.8 Å². The van der Waals surface area contributed by atoms with E-state index in [-0.39, 0.29) is 11.0 Å². The van der Waals surface area contributed by atoms with Crippen LogP contribution in [0.25, 0.3) is 0 Å². The van der Waals surface area contributed by atoms with Gasteiger partial charge in [0.1, 0.15) is 0 Å². The van der Waals surface area contributed by atoms with Crippen molar-refractivity contribution in [2.24, 2.45) is 11.7 Å². The summed E-state index contributed by atoms with van der Waals surface area (Å²) in [5.41, 5.74) is 12.6. The second-order valence-electron chi connectivity index (χ2n) is 7.94. The molecule has 1 aromatic rings. The SMILES string of the molecule is CCCC1CC1(N)Cc1c(C)cc(C(C)(C)C)cc1C. The topological polar surface area (TPSA) is 26.0 Å². The molecular formula is C19H31N. The molecule has 0 radical (unpaired) electrons. The lowest BCUT2D eigenvalue weighted by Crippen LogP contribution is -2.29. The first-order chi connectivity index (χ1) is 9.17. The average molecular weight is 273 g/mol. The summed E-state index contributed by atoms with van der Waals surface area (Å²) in [4.78, 5) is 0. The number of nitrogens with two attached hydrogens (primary N) is 1. The van der Waals surface area contributed by atoms with Gasteiger partial charge in [-0.2, -0.15) is 0 Å². The Morgan fingerprint density at radius 2 is 1.75 bits per heavy atom. The van der Waals surface area contributed by atoms with Crippen molar-refractivity contribution in [2.75, 3.05) is 0 Å². The molecule has 1 heteroatoms. The third kappa shape index (κ3) is 3.09. The molecule has 1 fully saturated rings. The quantitative estimate of drug-likeness (QED) is 0.848. The summed E-state index contributed by atoms with van der Waals surface area (Å²) in [7, 11) is 0. The molecule has 0 aromatic heterocycles. The summed E-state index contributed by atoms with van der Waals surface area (Å²) >= 11 is 0. The summed E-state index contributed by atoms with van der Waals surface area (Å²) in [5.74, 6) is 0.744. The van der Waals surface area contributed by atoms with Crippen LogP contribution >= 0.6 is 0 Å². The van der Waals surface area contributed by atoms with Crippen molar-refractivity contribution >= 4 is 0 Å². The van der Waals surface area contributed by atoms with Crippen molar-refractivity contribution in [1.82, 2.24) is 0 Å². The third-order valence-corrected chi connectivity index (χ3v) is 4.98.